The van der Waals surface area contributed by atoms with Crippen LogP contribution in [-0.4, -0.2) is 18.9 Å². The van der Waals surface area contributed by atoms with Gasteiger partial charge in [0.1, 0.15) is 0 Å². The molecule has 0 heterocycles. The first kappa shape index (κ1) is 13.7. The van der Waals surface area contributed by atoms with Crippen LogP contribution in [0.5, 0.6) is 0 Å². The number of methoxy groups -OCH3 is 1. The molecule has 0 N–H and O–H groups in total. The van der Waals surface area contributed by atoms with Crippen molar-refractivity contribution in [2.24, 2.45) is 0 Å². The first-order chi connectivity index (χ1) is 9.72. The smallest absolute Gasteiger partial charge is 0.379 e. The van der Waals surface area contributed by atoms with Gasteiger partial charge in [0.15, 0.2) is 0 Å². The number of Topliss-reactive ketones (excluding diaryl/α,β-unsaturated/α-hetero) is 1. The van der Waals surface area contributed by atoms with E-state index in [1.54, 1.807) is 18.2 Å². The Balaban J connectivity index is 2.31. The van der Waals surface area contributed by atoms with Gasteiger partial charge in [0.25, 0.3) is 5.78 Å². The van der Waals surface area contributed by atoms with E-state index < -0.39 is 11.8 Å². The molecule has 0 aliphatic rings. The van der Waals surface area contributed by atoms with Crippen molar-refractivity contribution in [2.45, 2.75) is 0 Å². The predicted octanol–water partition coefficient (Wildman–Crippen LogP) is 3.21. The van der Waals surface area contributed by atoms with Crippen LogP contribution in [-0.2, 0) is 9.53 Å². The molecular weight excluding hydrogens is 252 g/mol. The average Bonchev–Trinajstić information content (AvgIpc) is 2.52. The number of rotatable bonds is 4. The second kappa shape index (κ2) is 6.48. The van der Waals surface area contributed by atoms with Crippen LogP contribution in [0, 0.1) is 0 Å². The lowest BCUT2D eigenvalue weighted by Crippen LogP contribution is -2.16. The van der Waals surface area contributed by atoms with Crippen molar-refractivity contribution in [1.82, 2.24) is 0 Å². The van der Waals surface area contributed by atoms with Crippen molar-refractivity contribution >= 4 is 23.9 Å². The van der Waals surface area contributed by atoms with Gasteiger partial charge in [-0.25, -0.2) is 4.79 Å². The molecule has 3 nitrogen and oxygen atoms in total. The monoisotopic (exact) mass is 266 g/mol. The third-order valence-corrected chi connectivity index (χ3v) is 2.83. The maximum atomic E-state index is 11.9. The van der Waals surface area contributed by atoms with Gasteiger partial charge in [-0.1, -0.05) is 66.7 Å². The third-order valence-electron chi connectivity index (χ3n) is 2.83. The van der Waals surface area contributed by atoms with Gasteiger partial charge < -0.3 is 4.74 Å². The zero-order valence-electron chi connectivity index (χ0n) is 11.1. The summed E-state index contributed by atoms with van der Waals surface area (Å²) in [5.74, 6) is -1.49. The van der Waals surface area contributed by atoms with E-state index in [1.165, 1.54) is 7.11 Å². The highest BCUT2D eigenvalue weighted by Crippen LogP contribution is 2.14. The van der Waals surface area contributed by atoms with Crippen molar-refractivity contribution in [2.75, 3.05) is 7.11 Å². The number of benzene rings is 2. The second-order valence-electron chi connectivity index (χ2n) is 4.15. The fraction of sp³-hybridized carbons (Fsp3) is 0.0588. The Kier molecular flexibility index (Phi) is 4.45. The van der Waals surface area contributed by atoms with E-state index in [4.69, 9.17) is 0 Å². The number of hydrogen-bond donors (Lipinski definition) is 0. The zero-order valence-corrected chi connectivity index (χ0v) is 11.1. The summed E-state index contributed by atoms with van der Waals surface area (Å²) in [6.07, 6.45) is 3.70. The Labute approximate surface area is 117 Å². The Morgan fingerprint density at radius 2 is 1.55 bits per heavy atom. The fourth-order valence-corrected chi connectivity index (χ4v) is 1.80. The van der Waals surface area contributed by atoms with Crippen LogP contribution < -0.4 is 0 Å². The number of ketones is 1. The normalized spacial score (nSPS) is 10.4. The topological polar surface area (TPSA) is 43.4 Å². The summed E-state index contributed by atoms with van der Waals surface area (Å²) in [7, 11) is 1.20. The summed E-state index contributed by atoms with van der Waals surface area (Å²) in [6.45, 7) is 0. The van der Waals surface area contributed by atoms with Crippen LogP contribution in [0.3, 0.4) is 0 Å². The van der Waals surface area contributed by atoms with Gasteiger partial charge >= 0.3 is 5.97 Å². The molecule has 2 rings (SSSR count). The molecule has 20 heavy (non-hydrogen) atoms. The van der Waals surface area contributed by atoms with Gasteiger partial charge in [-0.15, -0.1) is 0 Å². The summed E-state index contributed by atoms with van der Waals surface area (Å²) in [6, 6.07) is 16.7. The molecule has 2 aromatic carbocycles. The van der Waals surface area contributed by atoms with E-state index in [2.05, 4.69) is 4.74 Å². The summed E-state index contributed by atoms with van der Waals surface area (Å²) in [5, 5.41) is 0. The van der Waals surface area contributed by atoms with Crippen LogP contribution >= 0.6 is 0 Å². The SMILES string of the molecule is COC(=O)C(=O)c1ccccc1/C=C/c1ccccc1. The van der Waals surface area contributed by atoms with Gasteiger partial charge in [0, 0.05) is 5.56 Å². The molecule has 0 bridgehead atoms. The molecular formula is C17H14O3. The summed E-state index contributed by atoms with van der Waals surface area (Å²) in [4.78, 5) is 23.2. The molecule has 0 amide bonds. The minimum atomic E-state index is -0.856. The third kappa shape index (κ3) is 3.20. The molecule has 0 saturated carbocycles. The van der Waals surface area contributed by atoms with Crippen molar-refractivity contribution in [3.8, 4) is 0 Å². The second-order valence-corrected chi connectivity index (χ2v) is 4.15. The number of carbonyl (C=O) groups is 2. The minimum absolute atomic E-state index is 0.339. The number of carbonyl (C=O) groups excluding carboxylic acids is 2. The molecule has 0 aliphatic heterocycles. The van der Waals surface area contributed by atoms with Gasteiger partial charge in [-0.05, 0) is 11.1 Å². The standard InChI is InChI=1S/C17H14O3/c1-20-17(19)16(18)15-10-6-5-9-14(15)12-11-13-7-3-2-4-8-13/h2-12H,1H3/b12-11+. The quantitative estimate of drug-likeness (QED) is 0.369. The number of hydrogen-bond acceptors (Lipinski definition) is 3. The van der Waals surface area contributed by atoms with E-state index >= 15 is 0 Å². The van der Waals surface area contributed by atoms with E-state index in [0.29, 0.717) is 11.1 Å². The fourth-order valence-electron chi connectivity index (χ4n) is 1.80. The minimum Gasteiger partial charge on any atom is -0.463 e. The van der Waals surface area contributed by atoms with Crippen molar-refractivity contribution in [3.63, 3.8) is 0 Å². The van der Waals surface area contributed by atoms with Crippen LogP contribution in [0.25, 0.3) is 12.2 Å². The molecule has 100 valence electrons. The highest BCUT2D eigenvalue weighted by molar-refractivity contribution is 6.41. The Bertz CT molecular complexity index is 642. The molecule has 3 heteroatoms. The Morgan fingerprint density at radius 1 is 0.900 bits per heavy atom. The molecule has 0 aromatic heterocycles. The number of ether oxygens (including phenoxy) is 1. The Morgan fingerprint density at radius 3 is 2.25 bits per heavy atom. The zero-order chi connectivity index (χ0) is 14.4. The molecule has 0 radical (unpaired) electrons. The van der Waals surface area contributed by atoms with E-state index in [9.17, 15) is 9.59 Å². The molecule has 0 spiro atoms. The van der Waals surface area contributed by atoms with E-state index in [1.807, 2.05) is 48.6 Å². The number of esters is 1. The van der Waals surface area contributed by atoms with Crippen LogP contribution in [0.15, 0.2) is 54.6 Å². The molecule has 0 saturated heterocycles. The van der Waals surface area contributed by atoms with Gasteiger partial charge in [0.05, 0.1) is 7.11 Å². The highest BCUT2D eigenvalue weighted by Gasteiger charge is 2.18. The van der Waals surface area contributed by atoms with Crippen LogP contribution in [0.2, 0.25) is 0 Å². The molecule has 0 fully saturated rings. The highest BCUT2D eigenvalue weighted by atomic mass is 16.5. The maximum absolute atomic E-state index is 11.9. The lowest BCUT2D eigenvalue weighted by Gasteiger charge is -2.03. The first-order valence-electron chi connectivity index (χ1n) is 6.17. The van der Waals surface area contributed by atoms with Crippen molar-refractivity contribution < 1.29 is 14.3 Å². The largest absolute Gasteiger partial charge is 0.463 e. The summed E-state index contributed by atoms with van der Waals surface area (Å²) in [5.41, 5.74) is 2.05. The molecule has 0 unspecified atom stereocenters. The van der Waals surface area contributed by atoms with Crippen LogP contribution in [0.4, 0.5) is 0 Å². The lowest BCUT2D eigenvalue weighted by molar-refractivity contribution is -0.135. The van der Waals surface area contributed by atoms with E-state index in [-0.39, 0.29) is 0 Å². The summed E-state index contributed by atoms with van der Waals surface area (Å²) < 4.78 is 4.47. The molecule has 0 atom stereocenters. The van der Waals surface area contributed by atoms with Crippen LogP contribution in [0.1, 0.15) is 21.5 Å². The summed E-state index contributed by atoms with van der Waals surface area (Å²) >= 11 is 0. The van der Waals surface area contributed by atoms with Gasteiger partial charge in [0.2, 0.25) is 0 Å². The lowest BCUT2D eigenvalue weighted by atomic mass is 10.0. The maximum Gasteiger partial charge on any atom is 0.379 e. The van der Waals surface area contributed by atoms with Crippen molar-refractivity contribution in [1.29, 1.82) is 0 Å². The Hall–Kier alpha value is -2.68. The first-order valence-corrected chi connectivity index (χ1v) is 6.17. The van der Waals surface area contributed by atoms with Gasteiger partial charge in [-0.3, -0.25) is 4.79 Å². The predicted molar refractivity (Wildman–Crippen MR) is 78.2 cm³/mol. The van der Waals surface area contributed by atoms with Crippen molar-refractivity contribution in [3.05, 3.63) is 71.3 Å². The van der Waals surface area contributed by atoms with Gasteiger partial charge in [-0.2, -0.15) is 0 Å². The molecule has 2 aromatic rings. The molecule has 0 aliphatic carbocycles. The van der Waals surface area contributed by atoms with E-state index in [0.717, 1.165) is 5.56 Å². The average molecular weight is 266 g/mol.